The van der Waals surface area contributed by atoms with Gasteiger partial charge in [0.2, 0.25) is 5.91 Å². The first-order chi connectivity index (χ1) is 12.6. The molecule has 0 unspecified atom stereocenters. The second kappa shape index (κ2) is 6.55. The lowest BCUT2D eigenvalue weighted by Crippen LogP contribution is -2.21. The molecule has 0 aliphatic carbocycles. The molecule has 6 heteroatoms. The van der Waals surface area contributed by atoms with E-state index in [2.05, 4.69) is 5.32 Å². The maximum Gasteiger partial charge on any atom is 0.244 e. The fourth-order valence-corrected chi connectivity index (χ4v) is 3.04. The molecule has 1 aliphatic heterocycles. The van der Waals surface area contributed by atoms with E-state index in [0.29, 0.717) is 35.8 Å². The minimum Gasteiger partial charge on any atom is -0.486 e. The predicted octanol–water partition coefficient (Wildman–Crippen LogP) is 2.72. The minimum absolute atomic E-state index is 0.0489. The summed E-state index contributed by atoms with van der Waals surface area (Å²) in [5.41, 5.74) is 2.33. The van der Waals surface area contributed by atoms with Gasteiger partial charge >= 0.3 is 0 Å². The van der Waals surface area contributed by atoms with Crippen molar-refractivity contribution in [2.45, 2.75) is 13.5 Å². The Morgan fingerprint density at radius 2 is 1.88 bits per heavy atom. The Bertz CT molecular complexity index is 1060. The number of nitrogens with zero attached hydrogens (tertiary/aromatic N) is 1. The quantitative estimate of drug-likeness (QED) is 0.789. The zero-order valence-corrected chi connectivity index (χ0v) is 14.3. The van der Waals surface area contributed by atoms with E-state index in [9.17, 15) is 9.59 Å². The van der Waals surface area contributed by atoms with Gasteiger partial charge in [-0.3, -0.25) is 9.59 Å². The van der Waals surface area contributed by atoms with Crippen LogP contribution in [0.4, 0.5) is 5.69 Å². The van der Waals surface area contributed by atoms with Crippen molar-refractivity contribution in [1.29, 1.82) is 0 Å². The van der Waals surface area contributed by atoms with Crippen molar-refractivity contribution in [2.75, 3.05) is 18.5 Å². The molecule has 3 aromatic rings. The zero-order valence-electron chi connectivity index (χ0n) is 14.3. The van der Waals surface area contributed by atoms with Gasteiger partial charge in [-0.05, 0) is 31.2 Å². The molecule has 0 radical (unpaired) electrons. The first-order valence-corrected chi connectivity index (χ1v) is 8.39. The minimum atomic E-state index is -0.188. The van der Waals surface area contributed by atoms with Gasteiger partial charge in [0.05, 0.1) is 5.52 Å². The largest absolute Gasteiger partial charge is 0.486 e. The van der Waals surface area contributed by atoms with Crippen molar-refractivity contribution in [2.24, 2.45) is 0 Å². The molecule has 26 heavy (non-hydrogen) atoms. The van der Waals surface area contributed by atoms with Crippen LogP contribution in [0.5, 0.6) is 11.5 Å². The van der Waals surface area contributed by atoms with E-state index in [1.807, 2.05) is 25.1 Å². The average molecular weight is 350 g/mol. The van der Waals surface area contributed by atoms with Gasteiger partial charge in [-0.15, -0.1) is 0 Å². The van der Waals surface area contributed by atoms with Gasteiger partial charge in [-0.2, -0.15) is 0 Å². The highest BCUT2D eigenvalue weighted by Crippen LogP contribution is 2.32. The van der Waals surface area contributed by atoms with Gasteiger partial charge in [-0.25, -0.2) is 0 Å². The molecule has 0 spiro atoms. The fourth-order valence-electron chi connectivity index (χ4n) is 3.04. The van der Waals surface area contributed by atoms with Crippen LogP contribution < -0.4 is 20.2 Å². The van der Waals surface area contributed by atoms with Crippen molar-refractivity contribution in [1.82, 2.24) is 4.57 Å². The van der Waals surface area contributed by atoms with Gasteiger partial charge in [0.25, 0.3) is 0 Å². The molecule has 0 saturated carbocycles. The third kappa shape index (κ3) is 3.13. The predicted molar refractivity (Wildman–Crippen MR) is 99.0 cm³/mol. The molecule has 0 saturated heterocycles. The fraction of sp³-hybridized carbons (Fsp3) is 0.200. The second-order valence-electron chi connectivity index (χ2n) is 6.24. The molecule has 0 bridgehead atoms. The summed E-state index contributed by atoms with van der Waals surface area (Å²) in [5, 5.41) is 3.47. The lowest BCUT2D eigenvalue weighted by Gasteiger charge is -2.19. The van der Waals surface area contributed by atoms with Gasteiger partial charge in [0.1, 0.15) is 19.8 Å². The van der Waals surface area contributed by atoms with Crippen molar-refractivity contribution < 1.29 is 14.3 Å². The SMILES string of the molecule is Cc1ccc2c(c1)c(=O)ccn2CC(=O)Nc1ccc2c(c1)OCCO2. The standard InChI is InChI=1S/C20H18N2O4/c1-13-2-4-16-15(10-13)17(23)6-7-22(16)12-20(24)21-14-3-5-18-19(11-14)26-9-8-25-18/h2-7,10-11H,8-9,12H2,1H3,(H,21,24). The van der Waals surface area contributed by atoms with Crippen LogP contribution in [-0.4, -0.2) is 23.7 Å². The monoisotopic (exact) mass is 350 g/mol. The summed E-state index contributed by atoms with van der Waals surface area (Å²) in [6.07, 6.45) is 1.64. The molecular weight excluding hydrogens is 332 g/mol. The Morgan fingerprint density at radius 3 is 2.73 bits per heavy atom. The number of anilines is 1. The van der Waals surface area contributed by atoms with Gasteiger partial charge in [-0.1, -0.05) is 11.6 Å². The molecule has 132 valence electrons. The highest BCUT2D eigenvalue weighted by Gasteiger charge is 2.13. The number of fused-ring (bicyclic) bond motifs is 2. The summed E-state index contributed by atoms with van der Waals surface area (Å²) in [5.74, 6) is 1.11. The molecule has 0 atom stereocenters. The van der Waals surface area contributed by atoms with Crippen LogP contribution in [0.25, 0.3) is 10.9 Å². The number of pyridine rings is 1. The van der Waals surface area contributed by atoms with Crippen LogP contribution in [0.15, 0.2) is 53.5 Å². The highest BCUT2D eigenvalue weighted by atomic mass is 16.6. The van der Waals surface area contributed by atoms with Crippen LogP contribution in [0, 0.1) is 6.92 Å². The van der Waals surface area contributed by atoms with Gasteiger partial charge < -0.3 is 19.4 Å². The topological polar surface area (TPSA) is 69.6 Å². The summed E-state index contributed by atoms with van der Waals surface area (Å²) < 4.78 is 12.8. The number of hydrogen-bond donors (Lipinski definition) is 1. The number of ether oxygens (including phenoxy) is 2. The zero-order chi connectivity index (χ0) is 18.1. The summed E-state index contributed by atoms with van der Waals surface area (Å²) in [7, 11) is 0. The van der Waals surface area contributed by atoms with Crippen LogP contribution in [0.1, 0.15) is 5.56 Å². The first kappa shape index (κ1) is 16.2. The number of aryl methyl sites for hydroxylation is 1. The number of nitrogens with one attached hydrogen (secondary N) is 1. The maximum atomic E-state index is 12.5. The van der Waals surface area contributed by atoms with Crippen LogP contribution in [0.2, 0.25) is 0 Å². The van der Waals surface area contributed by atoms with E-state index >= 15 is 0 Å². The second-order valence-corrected chi connectivity index (χ2v) is 6.24. The summed E-state index contributed by atoms with van der Waals surface area (Å²) >= 11 is 0. The molecule has 6 nitrogen and oxygen atoms in total. The van der Waals surface area contributed by atoms with E-state index in [1.165, 1.54) is 6.07 Å². The van der Waals surface area contributed by atoms with Crippen LogP contribution in [-0.2, 0) is 11.3 Å². The van der Waals surface area contributed by atoms with Crippen LogP contribution in [0.3, 0.4) is 0 Å². The van der Waals surface area contributed by atoms with E-state index in [-0.39, 0.29) is 17.9 Å². The molecule has 2 aromatic carbocycles. The third-order valence-electron chi connectivity index (χ3n) is 4.27. The summed E-state index contributed by atoms with van der Waals surface area (Å²) in [6, 6.07) is 12.4. The van der Waals surface area contributed by atoms with Crippen LogP contribution >= 0.6 is 0 Å². The molecule has 1 N–H and O–H groups in total. The van der Waals surface area contributed by atoms with E-state index in [1.54, 1.807) is 29.0 Å². The lowest BCUT2D eigenvalue weighted by molar-refractivity contribution is -0.116. The van der Waals surface area contributed by atoms with Crippen molar-refractivity contribution in [3.63, 3.8) is 0 Å². The summed E-state index contributed by atoms with van der Waals surface area (Å²) in [6.45, 7) is 3.06. The number of benzene rings is 2. The molecule has 0 fully saturated rings. The van der Waals surface area contributed by atoms with Gasteiger partial charge in [0, 0.05) is 29.4 Å². The summed E-state index contributed by atoms with van der Waals surface area (Å²) in [4.78, 5) is 24.5. The number of rotatable bonds is 3. The van der Waals surface area contributed by atoms with E-state index in [0.717, 1.165) is 11.1 Å². The van der Waals surface area contributed by atoms with E-state index < -0.39 is 0 Å². The number of aromatic nitrogens is 1. The van der Waals surface area contributed by atoms with Crippen molar-refractivity contribution in [3.05, 3.63) is 64.4 Å². The van der Waals surface area contributed by atoms with Crippen molar-refractivity contribution in [3.8, 4) is 11.5 Å². The average Bonchev–Trinajstić information content (AvgIpc) is 2.64. The molecule has 1 aliphatic rings. The smallest absolute Gasteiger partial charge is 0.244 e. The number of amides is 1. The van der Waals surface area contributed by atoms with E-state index in [4.69, 9.17) is 9.47 Å². The highest BCUT2D eigenvalue weighted by molar-refractivity contribution is 5.92. The Balaban J connectivity index is 1.56. The maximum absolute atomic E-state index is 12.5. The Morgan fingerprint density at radius 1 is 1.08 bits per heavy atom. The molecule has 1 amide bonds. The third-order valence-corrected chi connectivity index (χ3v) is 4.27. The number of carbonyl (C=O) groups is 1. The Labute approximate surface area is 150 Å². The lowest BCUT2D eigenvalue weighted by atomic mass is 10.1. The molecule has 4 rings (SSSR count). The normalized spacial score (nSPS) is 12.8. The number of hydrogen-bond acceptors (Lipinski definition) is 4. The number of carbonyl (C=O) groups excluding carboxylic acids is 1. The first-order valence-electron chi connectivity index (χ1n) is 8.39. The molecule has 1 aromatic heterocycles. The van der Waals surface area contributed by atoms with Gasteiger partial charge in [0.15, 0.2) is 16.9 Å². The van der Waals surface area contributed by atoms with Crippen molar-refractivity contribution >= 4 is 22.5 Å². The Kier molecular flexibility index (Phi) is 4.08. The molecular formula is C20H18N2O4. The molecule has 2 heterocycles. The Hall–Kier alpha value is -3.28.